The Hall–Kier alpha value is -2.08. The van der Waals surface area contributed by atoms with Crippen molar-refractivity contribution in [2.45, 2.75) is 18.9 Å². The number of aryl methyl sites for hydroxylation is 1. The maximum atomic E-state index is 11.4. The standard InChI is InChI=1S/C13H19N3O3/c14-8-9-15-13(19)16-11(12(17)18)7-6-10-4-2-1-3-5-10/h1-5,11H,6-9,14H2,(H,17,18)(H2,15,16,19)/t11-/m0/s1. The number of benzene rings is 1. The molecule has 0 aliphatic rings. The summed E-state index contributed by atoms with van der Waals surface area (Å²) in [6.45, 7) is 0.631. The van der Waals surface area contributed by atoms with Crippen LogP contribution in [0.15, 0.2) is 30.3 Å². The molecular weight excluding hydrogens is 246 g/mol. The Morgan fingerprint density at radius 2 is 1.95 bits per heavy atom. The number of hydrogen-bond acceptors (Lipinski definition) is 3. The van der Waals surface area contributed by atoms with Crippen molar-refractivity contribution in [1.29, 1.82) is 0 Å². The molecule has 5 N–H and O–H groups in total. The minimum absolute atomic E-state index is 0.315. The molecule has 0 spiro atoms. The lowest BCUT2D eigenvalue weighted by Crippen LogP contribution is -2.47. The Kier molecular flexibility index (Phi) is 6.38. The maximum Gasteiger partial charge on any atom is 0.326 e. The van der Waals surface area contributed by atoms with E-state index in [4.69, 9.17) is 10.8 Å². The minimum Gasteiger partial charge on any atom is -0.480 e. The molecule has 0 heterocycles. The molecule has 1 atom stereocenters. The van der Waals surface area contributed by atoms with Crippen LogP contribution in [0.2, 0.25) is 0 Å². The van der Waals surface area contributed by atoms with E-state index >= 15 is 0 Å². The molecule has 0 saturated heterocycles. The van der Waals surface area contributed by atoms with Crippen molar-refractivity contribution in [2.75, 3.05) is 13.1 Å². The Balaban J connectivity index is 2.45. The summed E-state index contributed by atoms with van der Waals surface area (Å²) in [5.74, 6) is -1.04. The zero-order valence-corrected chi connectivity index (χ0v) is 10.6. The van der Waals surface area contributed by atoms with Crippen molar-refractivity contribution in [3.05, 3.63) is 35.9 Å². The van der Waals surface area contributed by atoms with Crippen LogP contribution in [0, 0.1) is 0 Å². The van der Waals surface area contributed by atoms with Gasteiger partial charge in [-0.2, -0.15) is 0 Å². The van der Waals surface area contributed by atoms with E-state index in [1.807, 2.05) is 30.3 Å². The second kappa shape index (κ2) is 8.10. The molecule has 6 heteroatoms. The van der Waals surface area contributed by atoms with Gasteiger partial charge in [0, 0.05) is 13.1 Å². The topological polar surface area (TPSA) is 104 Å². The van der Waals surface area contributed by atoms with Crippen molar-refractivity contribution in [1.82, 2.24) is 10.6 Å². The first-order chi connectivity index (χ1) is 9.13. The summed E-state index contributed by atoms with van der Waals surface area (Å²) in [5, 5.41) is 14.0. The highest BCUT2D eigenvalue weighted by molar-refractivity contribution is 5.82. The molecule has 0 unspecified atom stereocenters. The number of hydrogen-bond donors (Lipinski definition) is 4. The second-order valence-corrected chi connectivity index (χ2v) is 4.10. The summed E-state index contributed by atoms with van der Waals surface area (Å²) in [6, 6.07) is 8.13. The van der Waals surface area contributed by atoms with Gasteiger partial charge >= 0.3 is 12.0 Å². The van der Waals surface area contributed by atoms with Crippen molar-refractivity contribution >= 4 is 12.0 Å². The Bertz CT molecular complexity index is 409. The zero-order valence-electron chi connectivity index (χ0n) is 10.6. The number of amides is 2. The summed E-state index contributed by atoms with van der Waals surface area (Å²) in [7, 11) is 0. The highest BCUT2D eigenvalue weighted by atomic mass is 16.4. The van der Waals surface area contributed by atoms with Gasteiger partial charge in [0.15, 0.2) is 0 Å². The second-order valence-electron chi connectivity index (χ2n) is 4.10. The molecule has 1 aromatic carbocycles. The number of urea groups is 1. The van der Waals surface area contributed by atoms with Gasteiger partial charge in [0.25, 0.3) is 0 Å². The first-order valence-electron chi connectivity index (χ1n) is 6.14. The molecule has 19 heavy (non-hydrogen) atoms. The van der Waals surface area contributed by atoms with Gasteiger partial charge in [0.05, 0.1) is 0 Å². The maximum absolute atomic E-state index is 11.4. The van der Waals surface area contributed by atoms with Crippen LogP contribution in [-0.4, -0.2) is 36.2 Å². The minimum atomic E-state index is -1.04. The number of nitrogens with one attached hydrogen (secondary N) is 2. The smallest absolute Gasteiger partial charge is 0.326 e. The molecule has 1 rings (SSSR count). The summed E-state index contributed by atoms with van der Waals surface area (Å²) in [4.78, 5) is 22.4. The molecule has 0 bridgehead atoms. The number of carbonyl (C=O) groups is 2. The molecule has 0 fully saturated rings. The van der Waals surface area contributed by atoms with Gasteiger partial charge in [-0.25, -0.2) is 9.59 Å². The number of nitrogens with two attached hydrogens (primary N) is 1. The number of carboxylic acid groups (broad SMARTS) is 1. The average Bonchev–Trinajstić information content (AvgIpc) is 2.42. The Labute approximate surface area is 112 Å². The molecule has 104 valence electrons. The van der Waals surface area contributed by atoms with Crippen LogP contribution in [0.4, 0.5) is 4.79 Å². The third-order valence-electron chi connectivity index (χ3n) is 2.60. The normalized spacial score (nSPS) is 11.6. The van der Waals surface area contributed by atoms with Crippen LogP contribution >= 0.6 is 0 Å². The fraction of sp³-hybridized carbons (Fsp3) is 0.385. The van der Waals surface area contributed by atoms with Crippen molar-refractivity contribution in [3.8, 4) is 0 Å². The van der Waals surface area contributed by atoms with E-state index in [2.05, 4.69) is 10.6 Å². The van der Waals surface area contributed by atoms with Gasteiger partial charge in [0.2, 0.25) is 0 Å². The van der Waals surface area contributed by atoms with E-state index in [9.17, 15) is 9.59 Å². The zero-order chi connectivity index (χ0) is 14.1. The monoisotopic (exact) mass is 265 g/mol. The van der Waals surface area contributed by atoms with Crippen LogP contribution < -0.4 is 16.4 Å². The van der Waals surface area contributed by atoms with Gasteiger partial charge < -0.3 is 21.5 Å². The van der Waals surface area contributed by atoms with E-state index in [1.54, 1.807) is 0 Å². The lowest BCUT2D eigenvalue weighted by molar-refractivity contribution is -0.139. The number of aliphatic carboxylic acids is 1. The molecule has 0 radical (unpaired) electrons. The molecule has 0 aromatic heterocycles. The quantitative estimate of drug-likeness (QED) is 0.570. The van der Waals surface area contributed by atoms with Gasteiger partial charge in [-0.3, -0.25) is 0 Å². The van der Waals surface area contributed by atoms with Gasteiger partial charge in [-0.1, -0.05) is 30.3 Å². The van der Waals surface area contributed by atoms with Crippen LogP contribution in [0.3, 0.4) is 0 Å². The predicted octanol–water partition coefficient (Wildman–Crippen LogP) is 0.330. The fourth-order valence-corrected chi connectivity index (χ4v) is 1.61. The van der Waals surface area contributed by atoms with Crippen molar-refractivity contribution < 1.29 is 14.7 Å². The molecule has 1 aromatic rings. The molecule has 2 amide bonds. The van der Waals surface area contributed by atoms with Crippen molar-refractivity contribution in [3.63, 3.8) is 0 Å². The highest BCUT2D eigenvalue weighted by Gasteiger charge is 2.19. The van der Waals surface area contributed by atoms with Crippen LogP contribution in [0.5, 0.6) is 0 Å². The molecule has 6 nitrogen and oxygen atoms in total. The SMILES string of the molecule is NCCNC(=O)N[C@@H](CCc1ccccc1)C(=O)O. The van der Waals surface area contributed by atoms with E-state index < -0.39 is 18.0 Å². The largest absolute Gasteiger partial charge is 0.480 e. The van der Waals surface area contributed by atoms with Gasteiger partial charge in [-0.15, -0.1) is 0 Å². The van der Waals surface area contributed by atoms with Crippen molar-refractivity contribution in [2.24, 2.45) is 5.73 Å². The van der Waals surface area contributed by atoms with E-state index in [1.165, 1.54) is 0 Å². The van der Waals surface area contributed by atoms with Crippen LogP contribution in [0.1, 0.15) is 12.0 Å². The third-order valence-corrected chi connectivity index (χ3v) is 2.60. The predicted molar refractivity (Wildman–Crippen MR) is 71.8 cm³/mol. The number of carboxylic acids is 1. The first-order valence-corrected chi connectivity index (χ1v) is 6.14. The summed E-state index contributed by atoms with van der Waals surface area (Å²) < 4.78 is 0. The van der Waals surface area contributed by atoms with Gasteiger partial charge in [0.1, 0.15) is 6.04 Å². The first kappa shape index (κ1) is 15.0. The van der Waals surface area contributed by atoms with E-state index in [0.717, 1.165) is 5.56 Å². The fourth-order valence-electron chi connectivity index (χ4n) is 1.61. The molecule has 0 aliphatic heterocycles. The molecule has 0 aliphatic carbocycles. The summed E-state index contributed by atoms with van der Waals surface area (Å²) in [5.41, 5.74) is 6.28. The van der Waals surface area contributed by atoms with E-state index in [0.29, 0.717) is 25.9 Å². The summed E-state index contributed by atoms with van der Waals surface area (Å²) >= 11 is 0. The lowest BCUT2D eigenvalue weighted by atomic mass is 10.1. The number of carbonyl (C=O) groups excluding carboxylic acids is 1. The van der Waals surface area contributed by atoms with Crippen LogP contribution in [0.25, 0.3) is 0 Å². The molecule has 0 saturated carbocycles. The third kappa shape index (κ3) is 5.87. The number of rotatable bonds is 7. The van der Waals surface area contributed by atoms with Crippen LogP contribution in [-0.2, 0) is 11.2 Å². The Morgan fingerprint density at radius 3 is 2.53 bits per heavy atom. The highest BCUT2D eigenvalue weighted by Crippen LogP contribution is 2.05. The summed E-state index contributed by atoms with van der Waals surface area (Å²) in [6.07, 6.45) is 0.935. The van der Waals surface area contributed by atoms with Gasteiger partial charge in [-0.05, 0) is 18.4 Å². The Morgan fingerprint density at radius 1 is 1.26 bits per heavy atom. The molecular formula is C13H19N3O3. The van der Waals surface area contributed by atoms with E-state index in [-0.39, 0.29) is 0 Å². The lowest BCUT2D eigenvalue weighted by Gasteiger charge is -2.15. The average molecular weight is 265 g/mol.